The van der Waals surface area contributed by atoms with Crippen LogP contribution in [0, 0.1) is 0 Å². The lowest BCUT2D eigenvalue weighted by atomic mass is 10.0. The molecule has 1 aromatic rings. The SMILES string of the molecule is CCC1C(=O)NC(=O)CN1c1c(Cl)cccc1CNC. The fourth-order valence-corrected chi connectivity index (χ4v) is 2.82. The van der Waals surface area contributed by atoms with Crippen LogP contribution in [0.1, 0.15) is 18.9 Å². The fraction of sp³-hybridized carbons (Fsp3) is 0.429. The van der Waals surface area contributed by atoms with Crippen LogP contribution in [0.15, 0.2) is 18.2 Å². The number of nitrogens with zero attached hydrogens (tertiary/aromatic N) is 1. The van der Waals surface area contributed by atoms with E-state index in [1.165, 1.54) is 0 Å². The average molecular weight is 296 g/mol. The second-order valence-electron chi connectivity index (χ2n) is 4.74. The van der Waals surface area contributed by atoms with E-state index in [1.54, 1.807) is 11.0 Å². The van der Waals surface area contributed by atoms with Crippen LogP contribution in [0.5, 0.6) is 0 Å². The van der Waals surface area contributed by atoms with Crippen LogP contribution in [0.25, 0.3) is 0 Å². The molecular weight excluding hydrogens is 278 g/mol. The Balaban J connectivity index is 2.47. The zero-order valence-corrected chi connectivity index (χ0v) is 12.3. The van der Waals surface area contributed by atoms with Crippen molar-refractivity contribution in [2.45, 2.75) is 25.9 Å². The number of hydrogen-bond acceptors (Lipinski definition) is 4. The molecule has 1 heterocycles. The molecule has 0 spiro atoms. The van der Waals surface area contributed by atoms with Gasteiger partial charge in [0.1, 0.15) is 6.04 Å². The molecule has 0 aromatic heterocycles. The molecule has 1 aliphatic heterocycles. The summed E-state index contributed by atoms with van der Waals surface area (Å²) in [5.74, 6) is -0.561. The van der Waals surface area contributed by atoms with Gasteiger partial charge in [-0.05, 0) is 25.1 Å². The van der Waals surface area contributed by atoms with E-state index in [9.17, 15) is 9.59 Å². The van der Waals surface area contributed by atoms with Crippen molar-refractivity contribution < 1.29 is 9.59 Å². The third kappa shape index (κ3) is 2.78. The van der Waals surface area contributed by atoms with Crippen LogP contribution in [-0.2, 0) is 16.1 Å². The van der Waals surface area contributed by atoms with Crippen molar-refractivity contribution >= 4 is 29.1 Å². The summed E-state index contributed by atoms with van der Waals surface area (Å²) in [6.07, 6.45) is 0.614. The molecule has 0 aliphatic carbocycles. The maximum atomic E-state index is 12.0. The number of amides is 2. The molecule has 1 unspecified atom stereocenters. The van der Waals surface area contributed by atoms with Crippen LogP contribution in [0.3, 0.4) is 0 Å². The monoisotopic (exact) mass is 295 g/mol. The van der Waals surface area contributed by atoms with Gasteiger partial charge in [-0.1, -0.05) is 30.7 Å². The fourth-order valence-electron chi connectivity index (χ4n) is 2.52. The quantitative estimate of drug-likeness (QED) is 0.822. The van der Waals surface area contributed by atoms with Crippen LogP contribution >= 0.6 is 11.6 Å². The molecule has 1 aromatic carbocycles. The van der Waals surface area contributed by atoms with Crippen LogP contribution in [0.2, 0.25) is 5.02 Å². The van der Waals surface area contributed by atoms with Gasteiger partial charge in [0, 0.05) is 6.54 Å². The Labute approximate surface area is 123 Å². The Bertz CT molecular complexity index is 533. The summed E-state index contributed by atoms with van der Waals surface area (Å²) in [6, 6.07) is 5.22. The predicted octanol–water partition coefficient (Wildman–Crippen LogP) is 1.30. The standard InChI is InChI=1S/C14H18ClN3O2/c1-3-11-14(20)17-12(19)8-18(11)13-9(7-16-2)5-4-6-10(13)15/h4-6,11,16H,3,7-8H2,1-2H3,(H,17,19,20). The molecule has 1 saturated heterocycles. The van der Waals surface area contributed by atoms with Crippen LogP contribution in [0.4, 0.5) is 5.69 Å². The predicted molar refractivity (Wildman–Crippen MR) is 78.8 cm³/mol. The summed E-state index contributed by atoms with van der Waals surface area (Å²) in [5.41, 5.74) is 1.74. The van der Waals surface area contributed by atoms with E-state index in [0.29, 0.717) is 18.0 Å². The number of nitrogens with one attached hydrogen (secondary N) is 2. The van der Waals surface area contributed by atoms with Crippen molar-refractivity contribution in [2.75, 3.05) is 18.5 Å². The summed E-state index contributed by atoms with van der Waals surface area (Å²) in [6.45, 7) is 2.69. The Morgan fingerprint density at radius 2 is 2.20 bits per heavy atom. The maximum absolute atomic E-state index is 12.0. The lowest BCUT2D eigenvalue weighted by Crippen LogP contribution is -2.58. The number of carbonyl (C=O) groups is 2. The molecule has 20 heavy (non-hydrogen) atoms. The van der Waals surface area contributed by atoms with Crippen LogP contribution in [-0.4, -0.2) is 31.4 Å². The Kier molecular flexibility index (Phi) is 4.62. The highest BCUT2D eigenvalue weighted by Crippen LogP contribution is 2.32. The number of imide groups is 1. The van der Waals surface area contributed by atoms with Gasteiger partial charge in [0.15, 0.2) is 0 Å². The molecule has 0 bridgehead atoms. The van der Waals surface area contributed by atoms with Gasteiger partial charge in [0.2, 0.25) is 11.8 Å². The van der Waals surface area contributed by atoms with Crippen molar-refractivity contribution in [2.24, 2.45) is 0 Å². The first-order valence-electron chi connectivity index (χ1n) is 6.60. The van der Waals surface area contributed by atoms with Gasteiger partial charge in [-0.25, -0.2) is 0 Å². The van der Waals surface area contributed by atoms with Gasteiger partial charge in [-0.15, -0.1) is 0 Å². The van der Waals surface area contributed by atoms with E-state index in [0.717, 1.165) is 11.3 Å². The van der Waals surface area contributed by atoms with Gasteiger partial charge in [-0.2, -0.15) is 0 Å². The molecule has 6 heteroatoms. The van der Waals surface area contributed by atoms with E-state index in [1.807, 2.05) is 26.1 Å². The number of carbonyl (C=O) groups excluding carboxylic acids is 2. The van der Waals surface area contributed by atoms with Crippen molar-refractivity contribution in [1.29, 1.82) is 0 Å². The van der Waals surface area contributed by atoms with E-state index >= 15 is 0 Å². The number of benzene rings is 1. The van der Waals surface area contributed by atoms with Crippen molar-refractivity contribution in [3.63, 3.8) is 0 Å². The highest BCUT2D eigenvalue weighted by atomic mass is 35.5. The second-order valence-corrected chi connectivity index (χ2v) is 5.15. The number of halogens is 1. The highest BCUT2D eigenvalue weighted by molar-refractivity contribution is 6.33. The van der Waals surface area contributed by atoms with Gasteiger partial charge in [0.25, 0.3) is 0 Å². The first-order valence-corrected chi connectivity index (χ1v) is 6.98. The summed E-state index contributed by atoms with van der Waals surface area (Å²) >= 11 is 6.30. The van der Waals surface area contributed by atoms with Gasteiger partial charge in [-0.3, -0.25) is 14.9 Å². The molecule has 5 nitrogen and oxygen atoms in total. The molecule has 2 amide bonds. The lowest BCUT2D eigenvalue weighted by molar-refractivity contribution is -0.132. The van der Waals surface area contributed by atoms with Gasteiger partial charge >= 0.3 is 0 Å². The Hall–Kier alpha value is -1.59. The average Bonchev–Trinajstić information content (AvgIpc) is 2.38. The third-order valence-corrected chi connectivity index (χ3v) is 3.67. The highest BCUT2D eigenvalue weighted by Gasteiger charge is 2.34. The topological polar surface area (TPSA) is 61.4 Å². The Morgan fingerprint density at radius 1 is 1.45 bits per heavy atom. The van der Waals surface area contributed by atoms with Crippen molar-refractivity contribution in [3.05, 3.63) is 28.8 Å². The number of hydrogen-bond donors (Lipinski definition) is 2. The van der Waals surface area contributed by atoms with Crippen molar-refractivity contribution in [1.82, 2.24) is 10.6 Å². The number of anilines is 1. The molecule has 0 saturated carbocycles. The molecule has 1 fully saturated rings. The summed E-state index contributed by atoms with van der Waals surface area (Å²) in [7, 11) is 1.84. The van der Waals surface area contributed by atoms with E-state index in [-0.39, 0.29) is 24.4 Å². The van der Waals surface area contributed by atoms with E-state index in [4.69, 9.17) is 11.6 Å². The smallest absolute Gasteiger partial charge is 0.249 e. The molecule has 2 N–H and O–H groups in total. The van der Waals surface area contributed by atoms with Gasteiger partial charge in [0.05, 0.1) is 17.3 Å². The maximum Gasteiger partial charge on any atom is 0.249 e. The minimum Gasteiger partial charge on any atom is -0.349 e. The second kappa shape index (κ2) is 6.24. The van der Waals surface area contributed by atoms with Crippen molar-refractivity contribution in [3.8, 4) is 0 Å². The molecular formula is C14H18ClN3O2. The number of para-hydroxylation sites is 1. The largest absolute Gasteiger partial charge is 0.349 e. The summed E-state index contributed by atoms with van der Waals surface area (Å²) in [4.78, 5) is 25.4. The third-order valence-electron chi connectivity index (χ3n) is 3.37. The Morgan fingerprint density at radius 3 is 2.85 bits per heavy atom. The molecule has 108 valence electrons. The molecule has 0 radical (unpaired) electrons. The number of piperazine rings is 1. The lowest BCUT2D eigenvalue weighted by Gasteiger charge is -2.36. The summed E-state index contributed by atoms with van der Waals surface area (Å²) < 4.78 is 0. The molecule has 2 rings (SSSR count). The van der Waals surface area contributed by atoms with Crippen LogP contribution < -0.4 is 15.5 Å². The van der Waals surface area contributed by atoms with E-state index in [2.05, 4.69) is 10.6 Å². The molecule has 1 atom stereocenters. The number of rotatable bonds is 4. The molecule has 1 aliphatic rings. The zero-order valence-electron chi connectivity index (χ0n) is 11.6. The first-order chi connectivity index (χ1) is 9.58. The minimum atomic E-state index is -0.372. The minimum absolute atomic E-state index is 0.144. The normalized spacial score (nSPS) is 19.1. The van der Waals surface area contributed by atoms with Gasteiger partial charge < -0.3 is 10.2 Å². The zero-order chi connectivity index (χ0) is 14.7. The summed E-state index contributed by atoms with van der Waals surface area (Å²) in [5, 5.41) is 6.00. The van der Waals surface area contributed by atoms with E-state index < -0.39 is 0 Å². The first kappa shape index (κ1) is 14.8.